The Bertz CT molecular complexity index is 179. The molecule has 2 N–H and O–H groups in total. The molecule has 0 unspecified atom stereocenters. The van der Waals surface area contributed by atoms with Crippen molar-refractivity contribution in [3.8, 4) is 0 Å². The van der Waals surface area contributed by atoms with Crippen molar-refractivity contribution in [3.63, 3.8) is 0 Å². The van der Waals surface area contributed by atoms with Crippen LogP contribution < -0.4 is 0 Å². The Morgan fingerprint density at radius 3 is 2.00 bits per heavy atom. The van der Waals surface area contributed by atoms with Crippen LogP contribution in [0.4, 0.5) is 9.59 Å². The van der Waals surface area contributed by atoms with E-state index in [2.05, 4.69) is 9.68 Å². The Labute approximate surface area is 80.7 Å². The molecule has 0 saturated heterocycles. The van der Waals surface area contributed by atoms with E-state index in [0.29, 0.717) is 11.6 Å². The highest BCUT2D eigenvalue weighted by Gasteiger charge is 2.14. The number of nitrogens with zero attached hydrogens (tertiary/aromatic N) is 1. The van der Waals surface area contributed by atoms with Gasteiger partial charge < -0.3 is 10.2 Å². The van der Waals surface area contributed by atoms with Crippen molar-refractivity contribution in [1.29, 1.82) is 0 Å². The number of hydrogen-bond acceptors (Lipinski definition) is 5. The minimum absolute atomic E-state index is 0.0897. The smallest absolute Gasteiger partial charge is 0.448 e. The number of hydroxylamine groups is 2. The van der Waals surface area contributed by atoms with Gasteiger partial charge in [-0.2, -0.15) is 0 Å². The lowest BCUT2D eigenvalue weighted by atomic mass is 10.2. The van der Waals surface area contributed by atoms with Crippen LogP contribution in [0.1, 0.15) is 26.2 Å². The van der Waals surface area contributed by atoms with E-state index in [1.54, 1.807) is 0 Å². The van der Waals surface area contributed by atoms with Crippen LogP contribution in [0.15, 0.2) is 0 Å². The van der Waals surface area contributed by atoms with Gasteiger partial charge in [0, 0.05) is 5.23 Å². The minimum Gasteiger partial charge on any atom is -0.448 e. The van der Waals surface area contributed by atoms with Gasteiger partial charge in [0.15, 0.2) is 0 Å². The van der Waals surface area contributed by atoms with Gasteiger partial charge in [-0.3, -0.25) is 9.68 Å². The van der Waals surface area contributed by atoms with Crippen LogP contribution in [-0.4, -0.2) is 34.3 Å². The van der Waals surface area contributed by atoms with Gasteiger partial charge in [0.2, 0.25) is 0 Å². The van der Waals surface area contributed by atoms with E-state index < -0.39 is 12.3 Å². The van der Waals surface area contributed by atoms with E-state index in [0.717, 1.165) is 12.8 Å². The summed E-state index contributed by atoms with van der Waals surface area (Å²) in [6.45, 7) is 2.05. The normalized spacial score (nSPS) is 9.86. The van der Waals surface area contributed by atoms with Crippen LogP contribution in [0.5, 0.6) is 0 Å². The molecule has 82 valence electrons. The van der Waals surface area contributed by atoms with Gasteiger partial charge in [-0.15, -0.1) is 0 Å². The summed E-state index contributed by atoms with van der Waals surface area (Å²) in [4.78, 5) is 28.3. The van der Waals surface area contributed by atoms with Crippen molar-refractivity contribution in [1.82, 2.24) is 5.23 Å². The maximum atomic E-state index is 10.1. The molecule has 0 heterocycles. The highest BCUT2D eigenvalue weighted by Crippen LogP contribution is 2.00. The number of carbonyl (C=O) groups is 2. The van der Waals surface area contributed by atoms with E-state index in [1.807, 2.05) is 6.92 Å². The van der Waals surface area contributed by atoms with Crippen LogP contribution in [0.3, 0.4) is 0 Å². The van der Waals surface area contributed by atoms with Gasteiger partial charge in [-0.25, -0.2) is 9.59 Å². The summed E-state index contributed by atoms with van der Waals surface area (Å²) >= 11 is 0. The summed E-state index contributed by atoms with van der Waals surface area (Å²) in [6, 6.07) is 0. The summed E-state index contributed by atoms with van der Waals surface area (Å²) in [5.74, 6) is 0. The predicted octanol–water partition coefficient (Wildman–Crippen LogP) is 1.70. The Morgan fingerprint density at radius 1 is 1.14 bits per heavy atom. The van der Waals surface area contributed by atoms with E-state index in [9.17, 15) is 9.59 Å². The zero-order chi connectivity index (χ0) is 11.0. The summed E-state index contributed by atoms with van der Waals surface area (Å²) in [6.07, 6.45) is -0.862. The molecule has 7 nitrogen and oxygen atoms in total. The van der Waals surface area contributed by atoms with E-state index in [1.165, 1.54) is 0 Å². The zero-order valence-electron chi connectivity index (χ0n) is 7.80. The second kappa shape index (κ2) is 6.96. The van der Waals surface area contributed by atoms with E-state index in [4.69, 9.17) is 10.2 Å². The lowest BCUT2D eigenvalue weighted by Gasteiger charge is -2.15. The molecular formula is C7H13NO6. The number of rotatable bonds is 6. The van der Waals surface area contributed by atoms with Crippen molar-refractivity contribution < 1.29 is 29.5 Å². The Balaban J connectivity index is 3.84. The summed E-state index contributed by atoms with van der Waals surface area (Å²) in [5, 5.41) is 16.9. The molecule has 0 amide bonds. The fourth-order valence-corrected chi connectivity index (χ4v) is 0.775. The first kappa shape index (κ1) is 12.5. The standard InChI is InChI=1S/C7H13NO6/c1-2-3-4-5-8(13-6(9)10)14-7(11)12/h2-5H2,1H3,(H,9,10)(H,11,12). The molecule has 0 rings (SSSR count). The topological polar surface area (TPSA) is 96.3 Å². The van der Waals surface area contributed by atoms with E-state index in [-0.39, 0.29) is 6.54 Å². The molecule has 0 aromatic heterocycles. The van der Waals surface area contributed by atoms with Crippen LogP contribution >= 0.6 is 0 Å². The fourth-order valence-electron chi connectivity index (χ4n) is 0.775. The number of unbranched alkanes of at least 4 members (excludes halogenated alkanes) is 2. The second-order valence-corrected chi connectivity index (χ2v) is 2.48. The van der Waals surface area contributed by atoms with Gasteiger partial charge >= 0.3 is 12.3 Å². The Morgan fingerprint density at radius 2 is 1.64 bits per heavy atom. The molecule has 0 bridgehead atoms. The Kier molecular flexibility index (Phi) is 6.21. The van der Waals surface area contributed by atoms with Crippen LogP contribution in [0, 0.1) is 0 Å². The van der Waals surface area contributed by atoms with Crippen LogP contribution in [-0.2, 0) is 9.68 Å². The Hall–Kier alpha value is -1.50. The molecule has 14 heavy (non-hydrogen) atoms. The molecule has 0 fully saturated rings. The van der Waals surface area contributed by atoms with Gasteiger partial charge in [0.05, 0.1) is 6.54 Å². The average molecular weight is 207 g/mol. The average Bonchev–Trinajstić information content (AvgIpc) is 2.02. The van der Waals surface area contributed by atoms with Crippen molar-refractivity contribution in [2.45, 2.75) is 26.2 Å². The molecule has 7 heteroatoms. The largest absolute Gasteiger partial charge is 0.528 e. The van der Waals surface area contributed by atoms with Crippen molar-refractivity contribution in [2.75, 3.05) is 6.54 Å². The predicted molar refractivity (Wildman–Crippen MR) is 44.5 cm³/mol. The lowest BCUT2D eigenvalue weighted by molar-refractivity contribution is -0.310. The van der Waals surface area contributed by atoms with Crippen LogP contribution in [0.25, 0.3) is 0 Å². The molecular weight excluding hydrogens is 194 g/mol. The van der Waals surface area contributed by atoms with Gasteiger partial charge in [0.1, 0.15) is 0 Å². The molecule has 0 aliphatic carbocycles. The van der Waals surface area contributed by atoms with Crippen molar-refractivity contribution in [2.24, 2.45) is 0 Å². The quantitative estimate of drug-likeness (QED) is 0.505. The zero-order valence-corrected chi connectivity index (χ0v) is 7.80. The summed E-state index contributed by atoms with van der Waals surface area (Å²) < 4.78 is 0. The van der Waals surface area contributed by atoms with Crippen molar-refractivity contribution >= 4 is 12.3 Å². The first-order valence-corrected chi connectivity index (χ1v) is 4.15. The van der Waals surface area contributed by atoms with Gasteiger partial charge in [0.25, 0.3) is 0 Å². The van der Waals surface area contributed by atoms with Crippen molar-refractivity contribution in [3.05, 3.63) is 0 Å². The maximum absolute atomic E-state index is 10.1. The molecule has 0 aromatic carbocycles. The summed E-state index contributed by atoms with van der Waals surface area (Å²) in [5.41, 5.74) is 0. The van der Waals surface area contributed by atoms with Gasteiger partial charge in [-0.05, 0) is 6.42 Å². The highest BCUT2D eigenvalue weighted by molar-refractivity contribution is 5.57. The van der Waals surface area contributed by atoms with Crippen LogP contribution in [0.2, 0.25) is 0 Å². The monoisotopic (exact) mass is 207 g/mol. The molecule has 0 atom stereocenters. The minimum atomic E-state index is -1.61. The SMILES string of the molecule is CCCCCN(OC(=O)O)OC(=O)O. The number of hydrogen-bond donors (Lipinski definition) is 2. The molecule has 0 aliphatic heterocycles. The second-order valence-electron chi connectivity index (χ2n) is 2.48. The first-order valence-electron chi connectivity index (χ1n) is 4.15. The summed E-state index contributed by atoms with van der Waals surface area (Å²) in [7, 11) is 0. The third-order valence-corrected chi connectivity index (χ3v) is 1.30. The molecule has 0 radical (unpaired) electrons. The highest BCUT2D eigenvalue weighted by atomic mass is 17.0. The number of carboxylic acid groups (broad SMARTS) is 2. The lowest BCUT2D eigenvalue weighted by Crippen LogP contribution is -2.30. The third-order valence-electron chi connectivity index (χ3n) is 1.30. The molecule has 0 aromatic rings. The first-order chi connectivity index (χ1) is 6.56. The maximum Gasteiger partial charge on any atom is 0.528 e. The fraction of sp³-hybridized carbons (Fsp3) is 0.714. The molecule has 0 aliphatic rings. The van der Waals surface area contributed by atoms with Gasteiger partial charge in [-0.1, -0.05) is 19.8 Å². The third kappa shape index (κ3) is 7.17. The molecule has 0 spiro atoms. The molecule has 0 saturated carbocycles. The van der Waals surface area contributed by atoms with E-state index >= 15 is 0 Å².